The SMILES string of the molecule is C=NC1=C(C(=N)N2CCN(C(=O)[C@H](CN3CCN(CC4CCN(C(=O)c5c(F)cc(-c6ccccc6)cc5F)CC4)CC3)c3ccc(Cl)cc3)CC2)[C@H](C)C[C@H]1O. The molecule has 3 saturated heterocycles. The smallest absolute Gasteiger partial charge is 0.259 e. The molecule has 13 heteroatoms. The van der Waals surface area contributed by atoms with Crippen LogP contribution >= 0.6 is 11.6 Å². The van der Waals surface area contributed by atoms with Crippen LogP contribution in [0, 0.1) is 28.9 Å². The predicted molar refractivity (Wildman–Crippen MR) is 220 cm³/mol. The van der Waals surface area contributed by atoms with Gasteiger partial charge in [0.1, 0.15) is 23.0 Å². The summed E-state index contributed by atoms with van der Waals surface area (Å²) in [5.74, 6) is -1.83. The number of rotatable bonds is 10. The van der Waals surface area contributed by atoms with Gasteiger partial charge in [-0.3, -0.25) is 24.9 Å². The van der Waals surface area contributed by atoms with Gasteiger partial charge in [0, 0.05) is 89.1 Å². The second-order valence-electron chi connectivity index (χ2n) is 15.9. The number of benzene rings is 3. The summed E-state index contributed by atoms with van der Waals surface area (Å²) in [6.07, 6.45) is 1.36. The molecule has 0 bridgehead atoms. The van der Waals surface area contributed by atoms with Crippen LogP contribution in [-0.2, 0) is 4.79 Å². The highest BCUT2D eigenvalue weighted by Gasteiger charge is 2.37. The van der Waals surface area contributed by atoms with Gasteiger partial charge in [-0.2, -0.15) is 0 Å². The van der Waals surface area contributed by atoms with Gasteiger partial charge >= 0.3 is 0 Å². The molecule has 1 aliphatic carbocycles. The van der Waals surface area contributed by atoms with Crippen molar-refractivity contribution in [2.45, 2.75) is 38.2 Å². The van der Waals surface area contributed by atoms with E-state index in [2.05, 4.69) is 21.5 Å². The van der Waals surface area contributed by atoms with Crippen molar-refractivity contribution in [1.29, 1.82) is 5.41 Å². The number of carbonyl (C=O) groups excluding carboxylic acids is 2. The lowest BCUT2D eigenvalue weighted by atomic mass is 9.94. The summed E-state index contributed by atoms with van der Waals surface area (Å²) in [5, 5.41) is 19.9. The lowest BCUT2D eigenvalue weighted by Gasteiger charge is -2.41. The van der Waals surface area contributed by atoms with Gasteiger partial charge in [-0.1, -0.05) is 61.0 Å². The number of aliphatic imine (C=N–C) groups is 1. The molecule has 0 unspecified atom stereocenters. The van der Waals surface area contributed by atoms with Crippen molar-refractivity contribution in [2.75, 3.05) is 78.5 Å². The lowest BCUT2D eigenvalue weighted by molar-refractivity contribution is -0.134. The molecule has 0 spiro atoms. The first-order valence-electron chi connectivity index (χ1n) is 20.1. The van der Waals surface area contributed by atoms with E-state index in [1.807, 2.05) is 47.1 Å². The third-order valence-electron chi connectivity index (χ3n) is 12.3. The number of likely N-dealkylation sites (tertiary alicyclic amines) is 1. The maximum atomic E-state index is 15.1. The van der Waals surface area contributed by atoms with Crippen LogP contribution < -0.4 is 0 Å². The Hall–Kier alpha value is -4.49. The van der Waals surface area contributed by atoms with Gasteiger partial charge < -0.3 is 24.7 Å². The van der Waals surface area contributed by atoms with Crippen molar-refractivity contribution < 1.29 is 23.5 Å². The van der Waals surface area contributed by atoms with Crippen molar-refractivity contribution in [2.24, 2.45) is 16.8 Å². The zero-order valence-electron chi connectivity index (χ0n) is 32.6. The molecule has 0 radical (unpaired) electrons. The monoisotopic (exact) mass is 799 g/mol. The molecular weight excluding hydrogens is 748 g/mol. The van der Waals surface area contributed by atoms with E-state index in [4.69, 9.17) is 17.0 Å². The molecule has 57 heavy (non-hydrogen) atoms. The molecule has 3 aromatic carbocycles. The Balaban J connectivity index is 0.902. The second-order valence-corrected chi connectivity index (χ2v) is 16.3. The van der Waals surface area contributed by atoms with Crippen LogP contribution in [-0.4, -0.2) is 139 Å². The van der Waals surface area contributed by atoms with Crippen LogP contribution in [0.3, 0.4) is 0 Å². The van der Waals surface area contributed by atoms with Crippen LogP contribution in [0.5, 0.6) is 0 Å². The minimum absolute atomic E-state index is 0.0142. The minimum Gasteiger partial charge on any atom is -0.387 e. The molecule has 4 aliphatic rings. The third kappa shape index (κ3) is 9.14. The van der Waals surface area contributed by atoms with E-state index in [9.17, 15) is 14.7 Å². The quantitative estimate of drug-likeness (QED) is 0.192. The van der Waals surface area contributed by atoms with E-state index < -0.39 is 29.2 Å². The van der Waals surface area contributed by atoms with Gasteiger partial charge in [-0.05, 0) is 78.8 Å². The van der Waals surface area contributed by atoms with Crippen molar-refractivity contribution in [1.82, 2.24) is 24.5 Å². The summed E-state index contributed by atoms with van der Waals surface area (Å²) in [6, 6.07) is 19.0. The fraction of sp³-hybridized carbons (Fsp3) is 0.455. The number of amides is 2. The summed E-state index contributed by atoms with van der Waals surface area (Å²) in [6.45, 7) is 13.4. The summed E-state index contributed by atoms with van der Waals surface area (Å²) in [5.41, 5.74) is 2.75. The van der Waals surface area contributed by atoms with E-state index in [1.54, 1.807) is 29.2 Å². The van der Waals surface area contributed by atoms with Gasteiger partial charge in [0.05, 0.1) is 17.7 Å². The van der Waals surface area contributed by atoms with Gasteiger partial charge in [0.2, 0.25) is 5.91 Å². The minimum atomic E-state index is -0.840. The first-order valence-corrected chi connectivity index (χ1v) is 20.4. The largest absolute Gasteiger partial charge is 0.387 e. The maximum absolute atomic E-state index is 15.1. The fourth-order valence-corrected chi connectivity index (χ4v) is 9.06. The lowest BCUT2D eigenvalue weighted by Crippen LogP contribution is -2.54. The van der Waals surface area contributed by atoms with Gasteiger partial charge in [0.15, 0.2) is 0 Å². The molecule has 302 valence electrons. The first kappa shape index (κ1) is 40.7. The number of aliphatic hydroxyl groups excluding tert-OH is 1. The molecule has 3 aliphatic heterocycles. The van der Waals surface area contributed by atoms with Crippen LogP contribution in [0.25, 0.3) is 11.1 Å². The van der Waals surface area contributed by atoms with Crippen molar-refractivity contribution >= 4 is 36.0 Å². The molecule has 10 nitrogen and oxygen atoms in total. The highest BCUT2D eigenvalue weighted by molar-refractivity contribution is 6.30. The normalized spacial score (nSPS) is 21.9. The van der Waals surface area contributed by atoms with Crippen molar-refractivity contribution in [3.8, 4) is 11.1 Å². The van der Waals surface area contributed by atoms with E-state index in [0.717, 1.165) is 56.7 Å². The van der Waals surface area contributed by atoms with Crippen molar-refractivity contribution in [3.63, 3.8) is 0 Å². The average Bonchev–Trinajstić information content (AvgIpc) is 3.52. The van der Waals surface area contributed by atoms with E-state index in [0.29, 0.717) is 85.8 Å². The average molecular weight is 800 g/mol. The molecule has 7 rings (SSSR count). The zero-order valence-corrected chi connectivity index (χ0v) is 33.3. The Morgan fingerprint density at radius 2 is 1.44 bits per heavy atom. The van der Waals surface area contributed by atoms with E-state index in [-0.39, 0.29) is 17.7 Å². The Morgan fingerprint density at radius 3 is 2.05 bits per heavy atom. The summed E-state index contributed by atoms with van der Waals surface area (Å²) in [7, 11) is 0. The molecule has 0 aromatic heterocycles. The Bertz CT molecular complexity index is 1950. The highest BCUT2D eigenvalue weighted by Crippen LogP contribution is 2.35. The highest BCUT2D eigenvalue weighted by atomic mass is 35.5. The third-order valence-corrected chi connectivity index (χ3v) is 12.5. The number of nitrogens with zero attached hydrogens (tertiary/aromatic N) is 6. The van der Waals surface area contributed by atoms with E-state index >= 15 is 8.78 Å². The molecule has 3 heterocycles. The number of carbonyl (C=O) groups is 2. The molecule has 0 saturated carbocycles. The van der Waals surface area contributed by atoms with Gasteiger partial charge in [0.25, 0.3) is 5.91 Å². The molecule has 3 atom stereocenters. The zero-order chi connectivity index (χ0) is 40.2. The Labute approximate surface area is 338 Å². The number of nitrogens with one attached hydrogen (secondary N) is 1. The predicted octanol–water partition coefficient (Wildman–Crippen LogP) is 6.02. The molecule has 3 aromatic rings. The number of amidine groups is 1. The van der Waals surface area contributed by atoms with Crippen LogP contribution in [0.2, 0.25) is 5.02 Å². The molecular formula is C44H52ClF2N7O3. The number of piperazine rings is 2. The topological polar surface area (TPSA) is 107 Å². The summed E-state index contributed by atoms with van der Waals surface area (Å²) < 4.78 is 30.3. The van der Waals surface area contributed by atoms with Crippen molar-refractivity contribution in [3.05, 3.63) is 106 Å². The molecule has 2 amide bonds. The van der Waals surface area contributed by atoms with Crippen LogP contribution in [0.4, 0.5) is 8.78 Å². The van der Waals surface area contributed by atoms with Crippen LogP contribution in [0.1, 0.15) is 48.0 Å². The maximum Gasteiger partial charge on any atom is 0.259 e. The Morgan fingerprint density at radius 1 is 0.842 bits per heavy atom. The van der Waals surface area contributed by atoms with Gasteiger partial charge in [-0.25, -0.2) is 8.78 Å². The standard InChI is InChI=1S/C44H52ClF2N7O3/c1-29-24-38(55)41(49-2)39(29)42(48)52-20-22-54(23-21-52)43(56)35(32-8-10-34(45)11-9-32)28-51-18-16-50(17-19-51)27-30-12-14-53(15-13-30)44(57)40-36(46)25-33(26-37(40)47)31-6-4-3-5-7-31/h3-11,25-26,29-30,35,38,48,55H,2,12-24,27-28H2,1H3/t29-,35-,38-/m1/s1. The number of hydrogen-bond donors (Lipinski definition) is 2. The Kier molecular flexibility index (Phi) is 12.8. The number of halogens is 3. The number of hydrogen-bond acceptors (Lipinski definition) is 7. The second kappa shape index (κ2) is 18.0. The molecule has 2 N–H and O–H groups in total. The van der Waals surface area contributed by atoms with E-state index in [1.165, 1.54) is 12.1 Å². The van der Waals surface area contributed by atoms with Gasteiger partial charge in [-0.15, -0.1) is 0 Å². The summed E-state index contributed by atoms with van der Waals surface area (Å²) >= 11 is 6.24. The number of piperidine rings is 1. The summed E-state index contributed by atoms with van der Waals surface area (Å²) in [4.78, 5) is 41.8. The fourth-order valence-electron chi connectivity index (χ4n) is 8.93. The number of aliphatic hydroxyl groups is 1. The first-order chi connectivity index (χ1) is 27.5. The molecule has 3 fully saturated rings. The van der Waals surface area contributed by atoms with Crippen LogP contribution in [0.15, 0.2) is 83.0 Å².